The fourth-order valence-electron chi connectivity index (χ4n) is 2.66. The number of fused-ring (bicyclic) bond motifs is 1. The molecule has 1 aliphatic heterocycles. The average molecular weight is 311 g/mol. The maximum absolute atomic E-state index is 12.3. The molecule has 1 aromatic heterocycles. The van der Waals surface area contributed by atoms with E-state index in [0.29, 0.717) is 13.1 Å². The van der Waals surface area contributed by atoms with Crippen LogP contribution in [-0.2, 0) is 11.3 Å². The first-order chi connectivity index (χ1) is 11.3. The highest BCUT2D eigenvalue weighted by molar-refractivity contribution is 5.82. The maximum Gasteiger partial charge on any atom is 0.239 e. The highest BCUT2D eigenvalue weighted by atomic mass is 16.5. The summed E-state index contributed by atoms with van der Waals surface area (Å²) in [5.41, 5.74) is 1.83. The molecule has 0 spiro atoms. The van der Waals surface area contributed by atoms with Gasteiger partial charge in [-0.1, -0.05) is 25.1 Å². The summed E-state index contributed by atoms with van der Waals surface area (Å²) in [4.78, 5) is 18.6. The molecule has 5 nitrogen and oxygen atoms in total. The summed E-state index contributed by atoms with van der Waals surface area (Å²) in [5.74, 6) is 0.838. The Morgan fingerprint density at radius 3 is 2.91 bits per heavy atom. The normalized spacial score (nSPS) is 16.4. The molecular weight excluding hydrogens is 290 g/mol. The van der Waals surface area contributed by atoms with E-state index in [1.54, 1.807) is 6.20 Å². The van der Waals surface area contributed by atoms with Gasteiger partial charge in [-0.3, -0.25) is 9.78 Å². The van der Waals surface area contributed by atoms with Crippen LogP contribution in [0, 0.1) is 0 Å². The first-order valence-corrected chi connectivity index (χ1v) is 7.93. The number of hydrogen-bond donors (Lipinski definition) is 1. The number of nitrogens with one attached hydrogen (secondary N) is 1. The van der Waals surface area contributed by atoms with Crippen molar-refractivity contribution in [3.63, 3.8) is 0 Å². The van der Waals surface area contributed by atoms with E-state index in [1.165, 1.54) is 0 Å². The number of benzene rings is 1. The van der Waals surface area contributed by atoms with Gasteiger partial charge in [-0.15, -0.1) is 0 Å². The van der Waals surface area contributed by atoms with Crippen LogP contribution in [-0.4, -0.2) is 30.1 Å². The topological polar surface area (TPSA) is 54.5 Å². The lowest BCUT2D eigenvalue weighted by Crippen LogP contribution is -2.45. The summed E-state index contributed by atoms with van der Waals surface area (Å²) >= 11 is 0. The molecule has 1 atom stereocenters. The Bertz CT molecular complexity index is 660. The number of carbonyl (C=O) groups excluding carboxylic acids is 1. The van der Waals surface area contributed by atoms with Crippen molar-refractivity contribution in [3.05, 3.63) is 54.4 Å². The van der Waals surface area contributed by atoms with E-state index < -0.39 is 0 Å². The molecule has 1 aliphatic rings. The molecule has 0 radical (unpaired) electrons. The van der Waals surface area contributed by atoms with Gasteiger partial charge in [0.15, 0.2) is 0 Å². The lowest BCUT2D eigenvalue weighted by molar-refractivity contribution is -0.120. The summed E-state index contributed by atoms with van der Waals surface area (Å²) < 4.78 is 5.94. The number of amides is 1. The van der Waals surface area contributed by atoms with Gasteiger partial charge in [-0.05, 0) is 30.7 Å². The third kappa shape index (κ3) is 3.80. The number of anilines is 1. The second kappa shape index (κ2) is 7.13. The lowest BCUT2D eigenvalue weighted by Gasteiger charge is -2.35. The number of pyridine rings is 1. The van der Waals surface area contributed by atoms with Crippen molar-refractivity contribution in [2.24, 2.45) is 0 Å². The fraction of sp³-hybridized carbons (Fsp3) is 0.333. The molecule has 120 valence electrons. The molecular formula is C18H21N3O2. The molecule has 0 saturated heterocycles. The molecule has 23 heavy (non-hydrogen) atoms. The van der Waals surface area contributed by atoms with Crippen LogP contribution in [0.5, 0.6) is 5.75 Å². The quantitative estimate of drug-likeness (QED) is 0.921. The van der Waals surface area contributed by atoms with Crippen LogP contribution >= 0.6 is 0 Å². The number of carbonyl (C=O) groups is 1. The molecule has 3 rings (SSSR count). The fourth-order valence-corrected chi connectivity index (χ4v) is 2.66. The predicted octanol–water partition coefficient (Wildman–Crippen LogP) is 2.38. The minimum Gasteiger partial charge on any atom is -0.486 e. The van der Waals surface area contributed by atoms with Gasteiger partial charge in [0.25, 0.3) is 0 Å². The molecule has 1 N–H and O–H groups in total. The molecule has 2 heterocycles. The number of rotatable bonds is 5. The largest absolute Gasteiger partial charge is 0.486 e. The Morgan fingerprint density at radius 1 is 1.30 bits per heavy atom. The van der Waals surface area contributed by atoms with Gasteiger partial charge < -0.3 is 15.0 Å². The Labute approximate surface area is 136 Å². The van der Waals surface area contributed by atoms with Gasteiger partial charge in [0, 0.05) is 6.20 Å². The number of para-hydroxylation sites is 2. The van der Waals surface area contributed by atoms with E-state index in [0.717, 1.165) is 30.1 Å². The summed E-state index contributed by atoms with van der Waals surface area (Å²) in [6, 6.07) is 13.5. The second-order valence-electron chi connectivity index (χ2n) is 5.59. The zero-order chi connectivity index (χ0) is 16.1. The van der Waals surface area contributed by atoms with Gasteiger partial charge in [0.05, 0.1) is 31.0 Å². The Hall–Kier alpha value is -2.56. The predicted molar refractivity (Wildman–Crippen MR) is 89.4 cm³/mol. The van der Waals surface area contributed by atoms with Crippen LogP contribution in [0.2, 0.25) is 0 Å². The van der Waals surface area contributed by atoms with Crippen LogP contribution in [0.1, 0.15) is 19.0 Å². The van der Waals surface area contributed by atoms with Crippen LogP contribution in [0.15, 0.2) is 48.7 Å². The minimum absolute atomic E-state index is 0.0118. The van der Waals surface area contributed by atoms with Gasteiger partial charge in [0.1, 0.15) is 11.9 Å². The van der Waals surface area contributed by atoms with Crippen molar-refractivity contribution in [3.8, 4) is 5.75 Å². The molecule has 2 aromatic rings. The van der Waals surface area contributed by atoms with Gasteiger partial charge in [0.2, 0.25) is 5.91 Å². The van der Waals surface area contributed by atoms with E-state index in [4.69, 9.17) is 4.74 Å². The SMILES string of the molecule is CCC1CN(CC(=O)NCc2ccccn2)c2ccccc2O1. The zero-order valence-corrected chi connectivity index (χ0v) is 13.2. The third-order valence-corrected chi connectivity index (χ3v) is 3.91. The van der Waals surface area contributed by atoms with E-state index in [9.17, 15) is 4.79 Å². The van der Waals surface area contributed by atoms with Gasteiger partial charge >= 0.3 is 0 Å². The average Bonchev–Trinajstić information content (AvgIpc) is 2.60. The molecule has 1 unspecified atom stereocenters. The van der Waals surface area contributed by atoms with Crippen molar-refractivity contribution in [2.75, 3.05) is 18.0 Å². The molecule has 0 bridgehead atoms. The van der Waals surface area contributed by atoms with Crippen LogP contribution < -0.4 is 15.0 Å². The Balaban J connectivity index is 1.63. The molecule has 1 aromatic carbocycles. The smallest absolute Gasteiger partial charge is 0.239 e. The van der Waals surface area contributed by atoms with Gasteiger partial charge in [-0.25, -0.2) is 0 Å². The van der Waals surface area contributed by atoms with Crippen molar-refractivity contribution in [1.82, 2.24) is 10.3 Å². The summed E-state index contributed by atoms with van der Waals surface area (Å²) in [7, 11) is 0. The third-order valence-electron chi connectivity index (χ3n) is 3.91. The Morgan fingerprint density at radius 2 is 2.13 bits per heavy atom. The molecule has 0 aliphatic carbocycles. The molecule has 1 amide bonds. The van der Waals surface area contributed by atoms with E-state index in [-0.39, 0.29) is 12.0 Å². The number of aromatic nitrogens is 1. The summed E-state index contributed by atoms with van der Waals surface area (Å²) in [6.07, 6.45) is 2.76. The van der Waals surface area contributed by atoms with Crippen molar-refractivity contribution in [2.45, 2.75) is 26.0 Å². The molecule has 0 saturated carbocycles. The minimum atomic E-state index is -0.0118. The first kappa shape index (κ1) is 15.3. The Kier molecular flexibility index (Phi) is 4.76. The summed E-state index contributed by atoms with van der Waals surface area (Å²) in [5, 5.41) is 2.93. The van der Waals surface area contributed by atoms with Crippen LogP contribution in [0.3, 0.4) is 0 Å². The number of ether oxygens (including phenoxy) is 1. The van der Waals surface area contributed by atoms with Crippen molar-refractivity contribution < 1.29 is 9.53 Å². The standard InChI is InChI=1S/C18H21N3O2/c1-2-15-12-21(16-8-3-4-9-17(16)23-15)13-18(22)20-11-14-7-5-6-10-19-14/h3-10,15H,2,11-13H2,1H3,(H,20,22). The van der Waals surface area contributed by atoms with E-state index in [1.807, 2.05) is 42.5 Å². The zero-order valence-electron chi connectivity index (χ0n) is 13.2. The molecule has 5 heteroatoms. The highest BCUT2D eigenvalue weighted by Gasteiger charge is 2.25. The second-order valence-corrected chi connectivity index (χ2v) is 5.59. The van der Waals surface area contributed by atoms with Gasteiger partial charge in [-0.2, -0.15) is 0 Å². The molecule has 0 fully saturated rings. The highest BCUT2D eigenvalue weighted by Crippen LogP contribution is 2.33. The van der Waals surface area contributed by atoms with E-state index in [2.05, 4.69) is 22.1 Å². The maximum atomic E-state index is 12.3. The van der Waals surface area contributed by atoms with Crippen molar-refractivity contribution in [1.29, 1.82) is 0 Å². The first-order valence-electron chi connectivity index (χ1n) is 7.93. The number of nitrogens with zero attached hydrogens (tertiary/aromatic N) is 2. The monoisotopic (exact) mass is 311 g/mol. The van der Waals surface area contributed by atoms with Crippen molar-refractivity contribution >= 4 is 11.6 Å². The van der Waals surface area contributed by atoms with E-state index >= 15 is 0 Å². The van der Waals surface area contributed by atoms with Crippen LogP contribution in [0.25, 0.3) is 0 Å². The number of hydrogen-bond acceptors (Lipinski definition) is 4. The summed E-state index contributed by atoms with van der Waals surface area (Å²) in [6.45, 7) is 3.59. The van der Waals surface area contributed by atoms with Crippen LogP contribution in [0.4, 0.5) is 5.69 Å². The lowest BCUT2D eigenvalue weighted by atomic mass is 10.1.